The van der Waals surface area contributed by atoms with Gasteiger partial charge >= 0.3 is 0 Å². The fourth-order valence-corrected chi connectivity index (χ4v) is 4.74. The highest BCUT2D eigenvalue weighted by atomic mass is 35.5. The van der Waals surface area contributed by atoms with E-state index in [2.05, 4.69) is 9.97 Å². The van der Waals surface area contributed by atoms with Crippen LogP contribution in [0.5, 0.6) is 0 Å². The van der Waals surface area contributed by atoms with Gasteiger partial charge < -0.3 is 14.5 Å². The maximum Gasteiger partial charge on any atom is 0.243 e. The Morgan fingerprint density at radius 3 is 2.84 bits per heavy atom. The van der Waals surface area contributed by atoms with Gasteiger partial charge in [-0.25, -0.2) is 4.98 Å². The molecule has 7 heteroatoms. The highest BCUT2D eigenvalue weighted by molar-refractivity contribution is 6.30. The third kappa shape index (κ3) is 3.71. The number of ketones is 1. The van der Waals surface area contributed by atoms with E-state index in [0.29, 0.717) is 17.1 Å². The number of amides is 1. The summed E-state index contributed by atoms with van der Waals surface area (Å²) in [5, 5.41) is 1.54. The minimum atomic E-state index is -0.0930. The number of rotatable bonds is 5. The lowest BCUT2D eigenvalue weighted by Gasteiger charge is -2.23. The van der Waals surface area contributed by atoms with E-state index in [-0.39, 0.29) is 24.3 Å². The molecule has 3 heterocycles. The van der Waals surface area contributed by atoms with Crippen LogP contribution in [-0.2, 0) is 11.3 Å². The van der Waals surface area contributed by atoms with Crippen molar-refractivity contribution in [1.29, 1.82) is 0 Å². The second-order valence-electron chi connectivity index (χ2n) is 8.18. The van der Waals surface area contributed by atoms with Gasteiger partial charge in [0.1, 0.15) is 12.4 Å². The number of hydrogen-bond acceptors (Lipinski definition) is 3. The van der Waals surface area contributed by atoms with Crippen LogP contribution in [0.4, 0.5) is 0 Å². The molecule has 0 radical (unpaired) electrons. The summed E-state index contributed by atoms with van der Waals surface area (Å²) in [7, 11) is 0. The van der Waals surface area contributed by atoms with Gasteiger partial charge in [-0.05, 0) is 38.0 Å². The molecule has 2 aromatic heterocycles. The molecule has 1 N–H and O–H groups in total. The second kappa shape index (κ2) is 8.28. The van der Waals surface area contributed by atoms with Crippen LogP contribution in [0.1, 0.15) is 42.0 Å². The number of likely N-dealkylation sites (tertiary alicyclic amines) is 1. The summed E-state index contributed by atoms with van der Waals surface area (Å²) in [6.07, 6.45) is 5.37. The average Bonchev–Trinajstić information content (AvgIpc) is 3.52. The van der Waals surface area contributed by atoms with Crippen molar-refractivity contribution in [2.45, 2.75) is 32.4 Å². The van der Waals surface area contributed by atoms with Crippen molar-refractivity contribution in [1.82, 2.24) is 19.4 Å². The predicted octanol–water partition coefficient (Wildman–Crippen LogP) is 5.25. The number of benzene rings is 2. The molecule has 1 fully saturated rings. The fraction of sp³-hybridized carbons (Fsp3) is 0.240. The second-order valence-corrected chi connectivity index (χ2v) is 8.62. The van der Waals surface area contributed by atoms with Gasteiger partial charge in [0.2, 0.25) is 5.91 Å². The van der Waals surface area contributed by atoms with Crippen molar-refractivity contribution in [2.24, 2.45) is 0 Å². The number of aromatic nitrogens is 3. The molecule has 0 unspecified atom stereocenters. The zero-order valence-corrected chi connectivity index (χ0v) is 18.5. The lowest BCUT2D eigenvalue weighted by Crippen LogP contribution is -2.33. The Hall–Kier alpha value is -3.38. The zero-order chi connectivity index (χ0) is 22.2. The Bertz CT molecular complexity index is 1320. The highest BCUT2D eigenvalue weighted by Gasteiger charge is 2.32. The Morgan fingerprint density at radius 2 is 2.03 bits per heavy atom. The van der Waals surface area contributed by atoms with Gasteiger partial charge in [-0.3, -0.25) is 9.59 Å². The van der Waals surface area contributed by atoms with Crippen molar-refractivity contribution in [3.63, 3.8) is 0 Å². The summed E-state index contributed by atoms with van der Waals surface area (Å²) in [5.74, 6) is 0.798. The topological polar surface area (TPSA) is 71.0 Å². The van der Waals surface area contributed by atoms with E-state index < -0.39 is 0 Å². The van der Waals surface area contributed by atoms with E-state index in [1.165, 1.54) is 0 Å². The van der Waals surface area contributed by atoms with Crippen molar-refractivity contribution < 1.29 is 9.59 Å². The molecule has 1 aliphatic heterocycles. The number of fused-ring (bicyclic) bond motifs is 1. The summed E-state index contributed by atoms with van der Waals surface area (Å²) in [5.41, 5.74) is 3.37. The molecular weight excluding hydrogens is 424 g/mol. The van der Waals surface area contributed by atoms with Crippen molar-refractivity contribution >= 4 is 34.2 Å². The standard InChI is InChI=1S/C25H23ClN4O2/c1-16(31)20-14-29(22-9-3-2-8-19(20)22)15-24(32)30-11-5-10-23(30)25-27-13-21(28-25)17-6-4-7-18(26)12-17/h2-4,6-9,12-14,23H,5,10-11,15H2,1H3,(H,27,28)/t23-/m0/s1. The van der Waals surface area contributed by atoms with Gasteiger partial charge in [0.25, 0.3) is 0 Å². The molecule has 1 atom stereocenters. The number of Topliss-reactive ketones (excluding diaryl/α,β-unsaturated/α-hetero) is 1. The van der Waals surface area contributed by atoms with Crippen LogP contribution in [0.15, 0.2) is 60.9 Å². The van der Waals surface area contributed by atoms with E-state index in [1.807, 2.05) is 58.0 Å². The van der Waals surface area contributed by atoms with Crippen LogP contribution < -0.4 is 0 Å². The van der Waals surface area contributed by atoms with E-state index in [9.17, 15) is 9.59 Å². The number of nitrogens with zero attached hydrogens (tertiary/aromatic N) is 3. The number of halogens is 1. The van der Waals surface area contributed by atoms with E-state index >= 15 is 0 Å². The molecule has 5 rings (SSSR count). The van der Waals surface area contributed by atoms with Gasteiger partial charge in [0.15, 0.2) is 5.78 Å². The number of para-hydroxylation sites is 1. The normalized spacial score (nSPS) is 16.1. The largest absolute Gasteiger partial charge is 0.340 e. The molecule has 2 aromatic carbocycles. The molecule has 0 aliphatic carbocycles. The molecule has 1 saturated heterocycles. The first kappa shape index (κ1) is 20.5. The number of aromatic amines is 1. The Kier molecular flexibility index (Phi) is 5.31. The first-order valence-corrected chi connectivity index (χ1v) is 11.1. The molecule has 0 bridgehead atoms. The number of imidazole rings is 1. The number of carbonyl (C=O) groups excluding carboxylic acids is 2. The zero-order valence-electron chi connectivity index (χ0n) is 17.7. The fourth-order valence-electron chi connectivity index (χ4n) is 4.55. The van der Waals surface area contributed by atoms with Crippen LogP contribution >= 0.6 is 11.6 Å². The van der Waals surface area contributed by atoms with Crippen molar-refractivity contribution in [2.75, 3.05) is 6.54 Å². The molecule has 32 heavy (non-hydrogen) atoms. The molecule has 0 saturated carbocycles. The maximum absolute atomic E-state index is 13.3. The number of nitrogens with one attached hydrogen (secondary N) is 1. The van der Waals surface area contributed by atoms with Crippen LogP contribution in [0.25, 0.3) is 22.2 Å². The molecule has 1 amide bonds. The molecule has 1 aliphatic rings. The molecule has 4 aromatic rings. The Labute approximate surface area is 190 Å². The monoisotopic (exact) mass is 446 g/mol. The highest BCUT2D eigenvalue weighted by Crippen LogP contribution is 2.32. The first-order valence-electron chi connectivity index (χ1n) is 10.7. The number of carbonyl (C=O) groups is 2. The number of hydrogen-bond donors (Lipinski definition) is 1. The van der Waals surface area contributed by atoms with Crippen molar-refractivity contribution in [3.05, 3.63) is 77.3 Å². The SMILES string of the molecule is CC(=O)c1cn(CC(=O)N2CCC[C@H]2c2ncc(-c3cccc(Cl)c3)[nH]2)c2ccccc12. The van der Waals surface area contributed by atoms with E-state index in [0.717, 1.165) is 40.8 Å². The lowest BCUT2D eigenvalue weighted by atomic mass is 10.1. The molecule has 162 valence electrons. The summed E-state index contributed by atoms with van der Waals surface area (Å²) >= 11 is 6.12. The van der Waals surface area contributed by atoms with Crippen molar-refractivity contribution in [3.8, 4) is 11.3 Å². The Morgan fingerprint density at radius 1 is 1.19 bits per heavy atom. The van der Waals surface area contributed by atoms with Gasteiger partial charge in [0.05, 0.1) is 17.9 Å². The summed E-state index contributed by atoms with van der Waals surface area (Å²) in [4.78, 5) is 35.2. The van der Waals surface area contributed by atoms with Crippen LogP contribution in [0.3, 0.4) is 0 Å². The quantitative estimate of drug-likeness (QED) is 0.425. The summed E-state index contributed by atoms with van der Waals surface area (Å²) in [6, 6.07) is 15.2. The minimum absolute atomic E-state index is 0.00409. The van der Waals surface area contributed by atoms with Crippen LogP contribution in [-0.4, -0.2) is 37.7 Å². The summed E-state index contributed by atoms with van der Waals surface area (Å²) < 4.78 is 1.88. The molecule has 6 nitrogen and oxygen atoms in total. The van der Waals surface area contributed by atoms with Crippen LogP contribution in [0.2, 0.25) is 5.02 Å². The van der Waals surface area contributed by atoms with Gasteiger partial charge in [-0.15, -0.1) is 0 Å². The molecular formula is C25H23ClN4O2. The average molecular weight is 447 g/mol. The summed E-state index contributed by atoms with van der Waals surface area (Å²) in [6.45, 7) is 2.43. The van der Waals surface area contributed by atoms with Gasteiger partial charge in [-0.1, -0.05) is 41.9 Å². The van der Waals surface area contributed by atoms with Crippen LogP contribution in [0, 0.1) is 0 Å². The van der Waals surface area contributed by atoms with E-state index in [1.54, 1.807) is 19.3 Å². The number of H-pyrrole nitrogens is 1. The van der Waals surface area contributed by atoms with Gasteiger partial charge in [0, 0.05) is 39.8 Å². The smallest absolute Gasteiger partial charge is 0.243 e. The maximum atomic E-state index is 13.3. The third-order valence-corrected chi connectivity index (χ3v) is 6.33. The van der Waals surface area contributed by atoms with E-state index in [4.69, 9.17) is 11.6 Å². The van der Waals surface area contributed by atoms with Gasteiger partial charge in [-0.2, -0.15) is 0 Å². The Balaban J connectivity index is 1.39. The predicted molar refractivity (Wildman–Crippen MR) is 125 cm³/mol. The first-order chi connectivity index (χ1) is 15.5. The lowest BCUT2D eigenvalue weighted by molar-refractivity contribution is -0.132. The third-order valence-electron chi connectivity index (χ3n) is 6.09. The molecule has 0 spiro atoms. The minimum Gasteiger partial charge on any atom is -0.340 e.